The summed E-state index contributed by atoms with van der Waals surface area (Å²) in [6.07, 6.45) is 1.20. The Morgan fingerprint density at radius 1 is 0.727 bits per heavy atom. The molecule has 0 radical (unpaired) electrons. The summed E-state index contributed by atoms with van der Waals surface area (Å²) in [7, 11) is 3.21. The second kappa shape index (κ2) is 6.60. The second-order valence-corrected chi connectivity index (χ2v) is 5.40. The first-order valence-corrected chi connectivity index (χ1v) is 7.19. The number of aryl methyl sites for hydroxylation is 4. The van der Waals surface area contributed by atoms with Gasteiger partial charge in [-0.25, -0.2) is 0 Å². The summed E-state index contributed by atoms with van der Waals surface area (Å²) in [5, 5.41) is 20.4. The van der Waals surface area contributed by atoms with Crippen LogP contribution >= 0.6 is 0 Å². The number of phenolic OH excluding ortho intramolecular Hbond substituents is 2. The number of hydrogen-bond donors (Lipinski definition) is 2. The Balaban J connectivity index is 2.27. The molecule has 0 aliphatic heterocycles. The Morgan fingerprint density at radius 2 is 1.09 bits per heavy atom. The minimum atomic E-state index is 0.278. The van der Waals surface area contributed by atoms with Crippen molar-refractivity contribution >= 4 is 0 Å². The van der Waals surface area contributed by atoms with Gasteiger partial charge in [-0.3, -0.25) is 0 Å². The van der Waals surface area contributed by atoms with E-state index in [4.69, 9.17) is 9.47 Å². The van der Waals surface area contributed by atoms with E-state index < -0.39 is 0 Å². The topological polar surface area (TPSA) is 58.9 Å². The van der Waals surface area contributed by atoms with Crippen molar-refractivity contribution in [3.8, 4) is 23.0 Å². The van der Waals surface area contributed by atoms with Crippen LogP contribution in [0.15, 0.2) is 24.3 Å². The van der Waals surface area contributed by atoms with Crippen molar-refractivity contribution in [2.45, 2.75) is 26.7 Å². The molecule has 0 heterocycles. The molecular weight excluding hydrogens is 280 g/mol. The fraction of sp³-hybridized carbons (Fsp3) is 0.333. The SMILES string of the molecule is COc1cc(C)c(O)c(CCc2cc(OC)cc(C)c2O)c1. The molecule has 0 aliphatic carbocycles. The van der Waals surface area contributed by atoms with Gasteiger partial charge in [0.05, 0.1) is 14.2 Å². The van der Waals surface area contributed by atoms with Gasteiger partial charge in [0.1, 0.15) is 23.0 Å². The van der Waals surface area contributed by atoms with Crippen molar-refractivity contribution in [2.75, 3.05) is 14.2 Å². The van der Waals surface area contributed by atoms with Crippen LogP contribution in [0.1, 0.15) is 22.3 Å². The van der Waals surface area contributed by atoms with E-state index in [1.165, 1.54) is 0 Å². The molecule has 0 aromatic heterocycles. The van der Waals surface area contributed by atoms with Crippen molar-refractivity contribution in [3.05, 3.63) is 46.5 Å². The number of ether oxygens (including phenoxy) is 2. The molecule has 22 heavy (non-hydrogen) atoms. The lowest BCUT2D eigenvalue weighted by Gasteiger charge is -2.13. The van der Waals surface area contributed by atoms with E-state index in [-0.39, 0.29) is 11.5 Å². The summed E-state index contributed by atoms with van der Waals surface area (Å²) in [6, 6.07) is 7.25. The van der Waals surface area contributed by atoms with Crippen LogP contribution in [-0.2, 0) is 12.8 Å². The maximum atomic E-state index is 10.2. The fourth-order valence-corrected chi connectivity index (χ4v) is 2.52. The Labute approximate surface area is 130 Å². The predicted molar refractivity (Wildman–Crippen MR) is 86.2 cm³/mol. The van der Waals surface area contributed by atoms with Gasteiger partial charge in [-0.15, -0.1) is 0 Å². The minimum Gasteiger partial charge on any atom is -0.507 e. The van der Waals surface area contributed by atoms with E-state index in [0.717, 1.165) is 33.8 Å². The van der Waals surface area contributed by atoms with Crippen LogP contribution in [0.4, 0.5) is 0 Å². The zero-order valence-electron chi connectivity index (χ0n) is 13.4. The molecule has 0 aliphatic rings. The third-order valence-corrected chi connectivity index (χ3v) is 3.84. The molecule has 4 nitrogen and oxygen atoms in total. The molecule has 4 heteroatoms. The number of rotatable bonds is 5. The van der Waals surface area contributed by atoms with E-state index in [2.05, 4.69) is 0 Å². The molecule has 2 rings (SSSR count). The molecule has 0 atom stereocenters. The number of phenols is 2. The molecule has 0 amide bonds. The van der Waals surface area contributed by atoms with Crippen molar-refractivity contribution in [3.63, 3.8) is 0 Å². The second-order valence-electron chi connectivity index (χ2n) is 5.40. The monoisotopic (exact) mass is 302 g/mol. The highest BCUT2D eigenvalue weighted by molar-refractivity contribution is 5.48. The van der Waals surface area contributed by atoms with E-state index in [0.29, 0.717) is 12.8 Å². The van der Waals surface area contributed by atoms with E-state index >= 15 is 0 Å². The van der Waals surface area contributed by atoms with Crippen molar-refractivity contribution < 1.29 is 19.7 Å². The summed E-state index contributed by atoms with van der Waals surface area (Å²) in [6.45, 7) is 3.68. The van der Waals surface area contributed by atoms with Gasteiger partial charge >= 0.3 is 0 Å². The number of methoxy groups -OCH3 is 2. The summed E-state index contributed by atoms with van der Waals surface area (Å²) < 4.78 is 10.5. The van der Waals surface area contributed by atoms with Gasteiger partial charge in [0.15, 0.2) is 0 Å². The third-order valence-electron chi connectivity index (χ3n) is 3.84. The minimum absolute atomic E-state index is 0.278. The lowest BCUT2D eigenvalue weighted by Crippen LogP contribution is -1.97. The van der Waals surface area contributed by atoms with Crippen LogP contribution < -0.4 is 9.47 Å². The lowest BCUT2D eigenvalue weighted by molar-refractivity contribution is 0.408. The van der Waals surface area contributed by atoms with E-state index in [1.807, 2.05) is 26.0 Å². The molecule has 0 fully saturated rings. The van der Waals surface area contributed by atoms with Gasteiger partial charge in [-0.2, -0.15) is 0 Å². The van der Waals surface area contributed by atoms with Crippen LogP contribution in [0, 0.1) is 13.8 Å². The standard InChI is InChI=1S/C18H22O4/c1-11-7-15(21-3)9-13(17(11)19)5-6-14-10-16(22-4)8-12(2)18(14)20/h7-10,19-20H,5-6H2,1-4H3. The summed E-state index contributed by atoms with van der Waals surface area (Å²) in [5.41, 5.74) is 3.16. The summed E-state index contributed by atoms with van der Waals surface area (Å²) in [5.74, 6) is 1.99. The van der Waals surface area contributed by atoms with Crippen LogP contribution in [0.2, 0.25) is 0 Å². The van der Waals surface area contributed by atoms with Crippen molar-refractivity contribution in [1.29, 1.82) is 0 Å². The van der Waals surface area contributed by atoms with Crippen molar-refractivity contribution in [2.24, 2.45) is 0 Å². The zero-order valence-corrected chi connectivity index (χ0v) is 13.4. The van der Waals surface area contributed by atoms with Crippen LogP contribution in [0.25, 0.3) is 0 Å². The number of hydrogen-bond acceptors (Lipinski definition) is 4. The molecule has 0 bridgehead atoms. The van der Waals surface area contributed by atoms with E-state index in [9.17, 15) is 10.2 Å². The van der Waals surface area contributed by atoms with Crippen LogP contribution in [-0.4, -0.2) is 24.4 Å². The highest BCUT2D eigenvalue weighted by Gasteiger charge is 2.11. The normalized spacial score (nSPS) is 10.5. The third kappa shape index (κ3) is 3.27. The number of benzene rings is 2. The molecule has 0 saturated carbocycles. The molecule has 2 aromatic rings. The first-order valence-electron chi connectivity index (χ1n) is 7.19. The highest BCUT2D eigenvalue weighted by atomic mass is 16.5. The Morgan fingerprint density at radius 3 is 1.41 bits per heavy atom. The van der Waals surface area contributed by atoms with Gasteiger partial charge in [0.2, 0.25) is 0 Å². The molecule has 118 valence electrons. The lowest BCUT2D eigenvalue weighted by atomic mass is 9.99. The van der Waals surface area contributed by atoms with Gasteiger partial charge < -0.3 is 19.7 Å². The predicted octanol–water partition coefficient (Wildman–Crippen LogP) is 3.52. The molecule has 2 N–H and O–H groups in total. The maximum Gasteiger partial charge on any atom is 0.121 e. The zero-order chi connectivity index (χ0) is 16.3. The molecule has 0 spiro atoms. The van der Waals surface area contributed by atoms with Gasteiger partial charge in [0, 0.05) is 0 Å². The Hall–Kier alpha value is -2.36. The maximum absolute atomic E-state index is 10.2. The molecule has 2 aromatic carbocycles. The fourth-order valence-electron chi connectivity index (χ4n) is 2.52. The summed E-state index contributed by atoms with van der Waals surface area (Å²) in [4.78, 5) is 0. The van der Waals surface area contributed by atoms with Crippen LogP contribution in [0.3, 0.4) is 0 Å². The summed E-state index contributed by atoms with van der Waals surface area (Å²) >= 11 is 0. The molecule has 0 saturated heterocycles. The van der Waals surface area contributed by atoms with Gasteiger partial charge in [-0.1, -0.05) is 0 Å². The van der Waals surface area contributed by atoms with Crippen molar-refractivity contribution in [1.82, 2.24) is 0 Å². The van der Waals surface area contributed by atoms with E-state index in [1.54, 1.807) is 26.4 Å². The molecular formula is C18H22O4. The first-order chi connectivity index (χ1) is 10.5. The van der Waals surface area contributed by atoms with Crippen LogP contribution in [0.5, 0.6) is 23.0 Å². The largest absolute Gasteiger partial charge is 0.507 e. The smallest absolute Gasteiger partial charge is 0.121 e. The van der Waals surface area contributed by atoms with Gasteiger partial charge in [0.25, 0.3) is 0 Å². The highest BCUT2D eigenvalue weighted by Crippen LogP contribution is 2.32. The average Bonchev–Trinajstić information content (AvgIpc) is 2.51. The average molecular weight is 302 g/mol. The quantitative estimate of drug-likeness (QED) is 0.887. The Kier molecular flexibility index (Phi) is 4.81. The first kappa shape index (κ1) is 16.0. The Bertz CT molecular complexity index is 618. The number of aromatic hydroxyl groups is 2. The van der Waals surface area contributed by atoms with Gasteiger partial charge in [-0.05, 0) is 73.2 Å². The molecule has 0 unspecified atom stereocenters.